The minimum absolute atomic E-state index is 0.0255. The van der Waals surface area contributed by atoms with Crippen molar-refractivity contribution in [2.75, 3.05) is 18.4 Å². The SMILES string of the molecule is O=C(Nc1ccc(OC(F)F)cc1)C1CCCN(C(=O)c2cccc3ccccc23)C1. The summed E-state index contributed by atoms with van der Waals surface area (Å²) in [5.41, 5.74) is 1.12. The molecule has 4 rings (SSSR count). The molecule has 2 amide bonds. The van der Waals surface area contributed by atoms with Crippen LogP contribution in [0.15, 0.2) is 66.7 Å². The first-order valence-corrected chi connectivity index (χ1v) is 10.1. The average Bonchev–Trinajstić information content (AvgIpc) is 2.79. The summed E-state index contributed by atoms with van der Waals surface area (Å²) < 4.78 is 28.8. The maximum atomic E-state index is 13.2. The van der Waals surface area contributed by atoms with E-state index in [-0.39, 0.29) is 23.5 Å². The Kier molecular flexibility index (Phi) is 6.11. The molecule has 3 aromatic carbocycles. The van der Waals surface area contributed by atoms with Crippen LogP contribution in [0.4, 0.5) is 14.5 Å². The number of anilines is 1. The van der Waals surface area contributed by atoms with E-state index in [0.29, 0.717) is 30.8 Å². The number of nitrogens with zero attached hydrogens (tertiary/aromatic N) is 1. The van der Waals surface area contributed by atoms with E-state index >= 15 is 0 Å². The molecule has 0 spiro atoms. The van der Waals surface area contributed by atoms with Crippen molar-refractivity contribution in [3.8, 4) is 5.75 Å². The van der Waals surface area contributed by atoms with Gasteiger partial charge in [0.1, 0.15) is 5.75 Å². The highest BCUT2D eigenvalue weighted by Crippen LogP contribution is 2.25. The number of fused-ring (bicyclic) bond motifs is 1. The van der Waals surface area contributed by atoms with Crippen LogP contribution >= 0.6 is 0 Å². The fraction of sp³-hybridized carbons (Fsp3) is 0.250. The molecule has 31 heavy (non-hydrogen) atoms. The van der Waals surface area contributed by atoms with Crippen LogP contribution in [0.3, 0.4) is 0 Å². The van der Waals surface area contributed by atoms with Crippen LogP contribution in [-0.2, 0) is 4.79 Å². The predicted molar refractivity (Wildman–Crippen MR) is 114 cm³/mol. The fourth-order valence-corrected chi connectivity index (χ4v) is 3.92. The molecule has 7 heteroatoms. The van der Waals surface area contributed by atoms with Crippen molar-refractivity contribution >= 4 is 28.3 Å². The molecule has 1 saturated heterocycles. The largest absolute Gasteiger partial charge is 0.435 e. The van der Waals surface area contributed by atoms with Crippen LogP contribution in [0.25, 0.3) is 10.8 Å². The number of nitrogens with one attached hydrogen (secondary N) is 1. The van der Waals surface area contributed by atoms with Gasteiger partial charge in [0.15, 0.2) is 0 Å². The van der Waals surface area contributed by atoms with E-state index in [9.17, 15) is 18.4 Å². The van der Waals surface area contributed by atoms with Crippen molar-refractivity contribution in [1.82, 2.24) is 4.90 Å². The van der Waals surface area contributed by atoms with Crippen molar-refractivity contribution in [3.63, 3.8) is 0 Å². The number of amides is 2. The Morgan fingerprint density at radius 2 is 1.74 bits per heavy atom. The number of hydrogen-bond donors (Lipinski definition) is 1. The lowest BCUT2D eigenvalue weighted by Crippen LogP contribution is -2.43. The lowest BCUT2D eigenvalue weighted by molar-refractivity contribution is -0.121. The second-order valence-electron chi connectivity index (χ2n) is 7.51. The molecular formula is C24H22F2N2O3. The molecule has 0 radical (unpaired) electrons. The number of carbonyl (C=O) groups is 2. The number of likely N-dealkylation sites (tertiary alicyclic amines) is 1. The molecule has 160 valence electrons. The van der Waals surface area contributed by atoms with Gasteiger partial charge in [0, 0.05) is 24.3 Å². The van der Waals surface area contributed by atoms with Crippen LogP contribution < -0.4 is 10.1 Å². The molecule has 0 bridgehead atoms. The summed E-state index contributed by atoms with van der Waals surface area (Å²) in [6, 6.07) is 19.2. The van der Waals surface area contributed by atoms with Gasteiger partial charge in [0.2, 0.25) is 5.91 Å². The molecule has 5 nitrogen and oxygen atoms in total. The second kappa shape index (κ2) is 9.12. The van der Waals surface area contributed by atoms with Gasteiger partial charge in [-0.25, -0.2) is 0 Å². The number of alkyl halides is 2. The van der Waals surface area contributed by atoms with Crippen LogP contribution in [-0.4, -0.2) is 36.4 Å². The van der Waals surface area contributed by atoms with Crippen molar-refractivity contribution in [1.29, 1.82) is 0 Å². The van der Waals surface area contributed by atoms with E-state index in [1.54, 1.807) is 4.90 Å². The molecule has 0 aliphatic carbocycles. The number of halogens is 2. The summed E-state index contributed by atoms with van der Waals surface area (Å²) in [4.78, 5) is 27.7. The number of piperidine rings is 1. The van der Waals surface area contributed by atoms with Crippen LogP contribution in [0.2, 0.25) is 0 Å². The Hall–Kier alpha value is -3.48. The summed E-state index contributed by atoms with van der Waals surface area (Å²) >= 11 is 0. The zero-order chi connectivity index (χ0) is 21.8. The van der Waals surface area contributed by atoms with Crippen molar-refractivity contribution in [3.05, 3.63) is 72.3 Å². The van der Waals surface area contributed by atoms with E-state index in [4.69, 9.17) is 0 Å². The van der Waals surface area contributed by atoms with E-state index in [1.807, 2.05) is 42.5 Å². The standard InChI is InChI=1S/C24H22F2N2O3/c25-24(26)31-19-12-10-18(11-13-19)27-22(29)17-7-4-14-28(15-17)23(30)21-9-3-6-16-5-1-2-8-20(16)21/h1-3,5-6,8-13,17,24H,4,7,14-15H2,(H,27,29). The number of ether oxygens (including phenoxy) is 1. The van der Waals surface area contributed by atoms with Gasteiger partial charge in [0.05, 0.1) is 5.92 Å². The first-order valence-electron chi connectivity index (χ1n) is 10.1. The van der Waals surface area contributed by atoms with Gasteiger partial charge < -0.3 is 15.0 Å². The lowest BCUT2D eigenvalue weighted by atomic mass is 9.95. The smallest absolute Gasteiger partial charge is 0.387 e. The maximum Gasteiger partial charge on any atom is 0.387 e. The highest BCUT2D eigenvalue weighted by Gasteiger charge is 2.29. The zero-order valence-electron chi connectivity index (χ0n) is 16.8. The molecule has 1 N–H and O–H groups in total. The molecule has 1 unspecified atom stereocenters. The molecular weight excluding hydrogens is 402 g/mol. The highest BCUT2D eigenvalue weighted by molar-refractivity contribution is 6.07. The van der Waals surface area contributed by atoms with E-state index in [0.717, 1.165) is 17.2 Å². The Balaban J connectivity index is 1.43. The Morgan fingerprint density at radius 3 is 2.52 bits per heavy atom. The third-order valence-electron chi connectivity index (χ3n) is 5.45. The summed E-state index contributed by atoms with van der Waals surface area (Å²) in [5.74, 6) is -0.594. The fourth-order valence-electron chi connectivity index (χ4n) is 3.92. The first-order chi connectivity index (χ1) is 15.0. The number of benzene rings is 3. The topological polar surface area (TPSA) is 58.6 Å². The molecule has 1 atom stereocenters. The minimum atomic E-state index is -2.90. The van der Waals surface area contributed by atoms with Crippen molar-refractivity contribution in [2.45, 2.75) is 19.5 Å². The highest BCUT2D eigenvalue weighted by atomic mass is 19.3. The van der Waals surface area contributed by atoms with Crippen molar-refractivity contribution < 1.29 is 23.1 Å². The summed E-state index contributed by atoms with van der Waals surface area (Å²) in [5, 5.41) is 4.70. The molecule has 1 aliphatic rings. The molecule has 0 saturated carbocycles. The first kappa shape index (κ1) is 20.8. The van der Waals surface area contributed by atoms with E-state index in [1.165, 1.54) is 24.3 Å². The van der Waals surface area contributed by atoms with Crippen LogP contribution in [0.1, 0.15) is 23.2 Å². The van der Waals surface area contributed by atoms with Gasteiger partial charge in [-0.2, -0.15) is 8.78 Å². The molecule has 1 heterocycles. The van der Waals surface area contributed by atoms with Crippen molar-refractivity contribution in [2.24, 2.45) is 5.92 Å². The van der Waals surface area contributed by atoms with Gasteiger partial charge in [-0.05, 0) is 53.9 Å². The van der Waals surface area contributed by atoms with Gasteiger partial charge in [-0.3, -0.25) is 9.59 Å². The van der Waals surface area contributed by atoms with Gasteiger partial charge in [-0.15, -0.1) is 0 Å². The third kappa shape index (κ3) is 4.82. The van der Waals surface area contributed by atoms with Gasteiger partial charge in [-0.1, -0.05) is 36.4 Å². The normalized spacial score (nSPS) is 16.4. The Labute approximate surface area is 178 Å². The zero-order valence-corrected chi connectivity index (χ0v) is 16.8. The minimum Gasteiger partial charge on any atom is -0.435 e. The molecule has 3 aromatic rings. The van der Waals surface area contributed by atoms with Gasteiger partial charge >= 0.3 is 6.61 Å². The molecule has 1 fully saturated rings. The van der Waals surface area contributed by atoms with E-state index < -0.39 is 6.61 Å². The maximum absolute atomic E-state index is 13.2. The molecule has 0 aromatic heterocycles. The number of rotatable bonds is 5. The summed E-state index contributed by atoms with van der Waals surface area (Å²) in [6.07, 6.45) is 1.41. The summed E-state index contributed by atoms with van der Waals surface area (Å²) in [7, 11) is 0. The van der Waals surface area contributed by atoms with Gasteiger partial charge in [0.25, 0.3) is 5.91 Å². The second-order valence-corrected chi connectivity index (χ2v) is 7.51. The Morgan fingerprint density at radius 1 is 1.00 bits per heavy atom. The average molecular weight is 424 g/mol. The monoisotopic (exact) mass is 424 g/mol. The van der Waals surface area contributed by atoms with E-state index in [2.05, 4.69) is 10.1 Å². The Bertz CT molecular complexity index is 1080. The number of carbonyl (C=O) groups excluding carboxylic acids is 2. The molecule has 1 aliphatic heterocycles. The van der Waals surface area contributed by atoms with Crippen LogP contribution in [0.5, 0.6) is 5.75 Å². The predicted octanol–water partition coefficient (Wildman–Crippen LogP) is 4.93. The lowest BCUT2D eigenvalue weighted by Gasteiger charge is -2.32. The summed E-state index contributed by atoms with van der Waals surface area (Å²) in [6.45, 7) is -1.96. The third-order valence-corrected chi connectivity index (χ3v) is 5.45. The quantitative estimate of drug-likeness (QED) is 0.632. The number of hydrogen-bond acceptors (Lipinski definition) is 3. The van der Waals surface area contributed by atoms with Crippen LogP contribution in [0, 0.1) is 5.92 Å².